The number of nitrogens with one attached hydrogen (secondary N) is 1. The van der Waals surface area contributed by atoms with E-state index in [0.717, 1.165) is 47.5 Å². The first-order valence-corrected chi connectivity index (χ1v) is 9.10. The summed E-state index contributed by atoms with van der Waals surface area (Å²) in [6.07, 6.45) is 2.54. The minimum Gasteiger partial charge on any atom is -0.494 e. The Labute approximate surface area is 159 Å². The van der Waals surface area contributed by atoms with Crippen LogP contribution in [0.25, 0.3) is 5.69 Å². The van der Waals surface area contributed by atoms with Crippen LogP contribution in [-0.4, -0.2) is 34.4 Å². The number of rotatable bonds is 10. The number of hydrogen-bond acceptors (Lipinski definition) is 5. The average Bonchev–Trinajstić information content (AvgIpc) is 3.07. The van der Waals surface area contributed by atoms with Gasteiger partial charge in [-0.05, 0) is 49.6 Å². The van der Waals surface area contributed by atoms with Crippen LogP contribution in [0.15, 0.2) is 54.6 Å². The molecule has 0 aliphatic rings. The molecule has 1 aromatic heterocycles. The van der Waals surface area contributed by atoms with Crippen molar-refractivity contribution in [2.75, 3.05) is 13.2 Å². The van der Waals surface area contributed by atoms with Crippen molar-refractivity contribution in [3.63, 3.8) is 0 Å². The highest BCUT2D eigenvalue weighted by Gasteiger charge is 2.08. The summed E-state index contributed by atoms with van der Waals surface area (Å²) in [4.78, 5) is 12.0. The molecule has 0 radical (unpaired) electrons. The first-order valence-electron chi connectivity index (χ1n) is 9.10. The van der Waals surface area contributed by atoms with Crippen LogP contribution in [0.3, 0.4) is 0 Å². The standard InChI is InChI=1S/C21H24N4O2/c1-17-21(24-25(23-17)19-8-3-2-4-9-19)11-6-14-27-20-10-5-7-18(15-20)16-22-12-13-26/h2-5,7-10,13,15,22H,6,11-12,14,16H2,1H3. The van der Waals surface area contributed by atoms with Crippen LogP contribution in [-0.2, 0) is 17.8 Å². The van der Waals surface area contributed by atoms with Crippen LogP contribution in [0.4, 0.5) is 0 Å². The summed E-state index contributed by atoms with van der Waals surface area (Å²) in [7, 11) is 0. The number of aryl methyl sites for hydroxylation is 2. The van der Waals surface area contributed by atoms with Gasteiger partial charge < -0.3 is 14.8 Å². The van der Waals surface area contributed by atoms with Gasteiger partial charge in [0.15, 0.2) is 0 Å². The molecule has 0 amide bonds. The van der Waals surface area contributed by atoms with E-state index >= 15 is 0 Å². The molecule has 0 unspecified atom stereocenters. The summed E-state index contributed by atoms with van der Waals surface area (Å²) in [6, 6.07) is 17.8. The minimum atomic E-state index is 0.355. The van der Waals surface area contributed by atoms with Gasteiger partial charge >= 0.3 is 0 Å². The summed E-state index contributed by atoms with van der Waals surface area (Å²) in [5.41, 5.74) is 4.00. The second-order valence-electron chi connectivity index (χ2n) is 6.25. The SMILES string of the molecule is Cc1nn(-c2ccccc2)nc1CCCOc1cccc(CNCC=O)c1. The van der Waals surface area contributed by atoms with E-state index in [1.165, 1.54) is 0 Å². The topological polar surface area (TPSA) is 69.0 Å². The molecule has 0 aliphatic carbocycles. The van der Waals surface area contributed by atoms with Gasteiger partial charge in [0.05, 0.1) is 30.2 Å². The molecule has 140 valence electrons. The van der Waals surface area contributed by atoms with Gasteiger partial charge in [-0.25, -0.2) is 0 Å². The third kappa shape index (κ3) is 5.49. The fourth-order valence-corrected chi connectivity index (χ4v) is 2.77. The molecule has 1 N–H and O–H groups in total. The van der Waals surface area contributed by atoms with Gasteiger partial charge in [0.2, 0.25) is 0 Å². The summed E-state index contributed by atoms with van der Waals surface area (Å²) < 4.78 is 5.85. The molecule has 3 aromatic rings. The summed E-state index contributed by atoms with van der Waals surface area (Å²) in [5.74, 6) is 0.838. The van der Waals surface area contributed by atoms with E-state index in [0.29, 0.717) is 19.7 Å². The van der Waals surface area contributed by atoms with Crippen molar-refractivity contribution in [3.05, 3.63) is 71.5 Å². The molecule has 0 bridgehead atoms. The molecule has 0 saturated heterocycles. The fraction of sp³-hybridized carbons (Fsp3) is 0.286. The first kappa shape index (κ1) is 18.8. The normalized spacial score (nSPS) is 10.7. The van der Waals surface area contributed by atoms with Crippen molar-refractivity contribution in [1.29, 1.82) is 0 Å². The predicted molar refractivity (Wildman–Crippen MR) is 104 cm³/mol. The smallest absolute Gasteiger partial charge is 0.133 e. The zero-order valence-electron chi connectivity index (χ0n) is 15.5. The molecule has 0 spiro atoms. The number of ether oxygens (including phenoxy) is 1. The molecule has 6 heteroatoms. The van der Waals surface area contributed by atoms with Crippen LogP contribution in [0.2, 0.25) is 0 Å². The third-order valence-electron chi connectivity index (χ3n) is 4.15. The zero-order valence-corrected chi connectivity index (χ0v) is 15.5. The fourth-order valence-electron chi connectivity index (χ4n) is 2.77. The van der Waals surface area contributed by atoms with E-state index in [9.17, 15) is 4.79 Å². The zero-order chi connectivity index (χ0) is 18.9. The van der Waals surface area contributed by atoms with Gasteiger partial charge in [0, 0.05) is 6.54 Å². The maximum absolute atomic E-state index is 10.4. The molecule has 3 rings (SSSR count). The Morgan fingerprint density at radius 2 is 1.96 bits per heavy atom. The molecular formula is C21H24N4O2. The monoisotopic (exact) mass is 364 g/mol. The third-order valence-corrected chi connectivity index (χ3v) is 4.15. The number of benzene rings is 2. The quantitative estimate of drug-likeness (QED) is 0.442. The number of hydrogen-bond donors (Lipinski definition) is 1. The minimum absolute atomic E-state index is 0.355. The molecule has 0 atom stereocenters. The van der Waals surface area contributed by atoms with Crippen molar-refractivity contribution in [3.8, 4) is 11.4 Å². The second kappa shape index (κ2) is 9.64. The Kier molecular flexibility index (Phi) is 6.71. The highest BCUT2D eigenvalue weighted by molar-refractivity contribution is 5.51. The lowest BCUT2D eigenvalue weighted by Crippen LogP contribution is -2.15. The molecular weight excluding hydrogens is 340 g/mol. The van der Waals surface area contributed by atoms with E-state index in [4.69, 9.17) is 4.74 Å². The Morgan fingerprint density at radius 1 is 1.11 bits per heavy atom. The van der Waals surface area contributed by atoms with Gasteiger partial charge in [-0.2, -0.15) is 15.0 Å². The maximum atomic E-state index is 10.4. The average molecular weight is 364 g/mol. The first-order chi connectivity index (χ1) is 13.3. The highest BCUT2D eigenvalue weighted by atomic mass is 16.5. The number of carbonyl (C=O) groups excluding carboxylic acids is 1. The van der Waals surface area contributed by atoms with E-state index in [-0.39, 0.29) is 0 Å². The van der Waals surface area contributed by atoms with Crippen LogP contribution < -0.4 is 10.1 Å². The van der Waals surface area contributed by atoms with Crippen molar-refractivity contribution in [2.24, 2.45) is 0 Å². The van der Waals surface area contributed by atoms with Crippen molar-refractivity contribution < 1.29 is 9.53 Å². The van der Waals surface area contributed by atoms with Crippen LogP contribution in [0, 0.1) is 6.92 Å². The summed E-state index contributed by atoms with van der Waals surface area (Å²) in [6.45, 7) is 3.60. The number of para-hydroxylation sites is 1. The Bertz CT molecular complexity index is 862. The molecule has 1 heterocycles. The largest absolute Gasteiger partial charge is 0.494 e. The van der Waals surface area contributed by atoms with Crippen LogP contribution in [0.5, 0.6) is 5.75 Å². The molecule has 2 aromatic carbocycles. The number of carbonyl (C=O) groups is 1. The lowest BCUT2D eigenvalue weighted by Gasteiger charge is -2.08. The van der Waals surface area contributed by atoms with Crippen LogP contribution >= 0.6 is 0 Å². The summed E-state index contributed by atoms with van der Waals surface area (Å²) in [5, 5.41) is 12.1. The van der Waals surface area contributed by atoms with Gasteiger partial charge in [-0.15, -0.1) is 0 Å². The van der Waals surface area contributed by atoms with Crippen LogP contribution in [0.1, 0.15) is 23.4 Å². The molecule has 27 heavy (non-hydrogen) atoms. The molecule has 0 saturated carbocycles. The van der Waals surface area contributed by atoms with Gasteiger partial charge in [-0.3, -0.25) is 0 Å². The lowest BCUT2D eigenvalue weighted by atomic mass is 10.2. The maximum Gasteiger partial charge on any atom is 0.133 e. The van der Waals surface area contributed by atoms with E-state index in [2.05, 4.69) is 15.5 Å². The number of aromatic nitrogens is 3. The highest BCUT2D eigenvalue weighted by Crippen LogP contribution is 2.14. The lowest BCUT2D eigenvalue weighted by molar-refractivity contribution is -0.107. The number of nitrogens with zero attached hydrogens (tertiary/aromatic N) is 3. The second-order valence-corrected chi connectivity index (χ2v) is 6.25. The molecule has 6 nitrogen and oxygen atoms in total. The summed E-state index contributed by atoms with van der Waals surface area (Å²) >= 11 is 0. The predicted octanol–water partition coefficient (Wildman–Crippen LogP) is 2.88. The number of aldehydes is 1. The van der Waals surface area contributed by atoms with Crippen molar-refractivity contribution >= 4 is 6.29 Å². The van der Waals surface area contributed by atoms with Gasteiger partial charge in [-0.1, -0.05) is 30.3 Å². The van der Waals surface area contributed by atoms with Gasteiger partial charge in [0.1, 0.15) is 12.0 Å². The van der Waals surface area contributed by atoms with Gasteiger partial charge in [0.25, 0.3) is 0 Å². The Morgan fingerprint density at radius 3 is 2.78 bits per heavy atom. The Hall–Kier alpha value is -2.99. The van der Waals surface area contributed by atoms with E-state index in [1.54, 1.807) is 4.80 Å². The molecule has 0 fully saturated rings. The van der Waals surface area contributed by atoms with Crippen molar-refractivity contribution in [1.82, 2.24) is 20.3 Å². The van der Waals surface area contributed by atoms with Crippen molar-refractivity contribution in [2.45, 2.75) is 26.3 Å². The van der Waals surface area contributed by atoms with E-state index < -0.39 is 0 Å². The van der Waals surface area contributed by atoms with E-state index in [1.807, 2.05) is 61.5 Å². The Balaban J connectivity index is 1.49. The molecule has 0 aliphatic heterocycles.